The summed E-state index contributed by atoms with van der Waals surface area (Å²) in [4.78, 5) is 0. The van der Waals surface area contributed by atoms with E-state index in [1.165, 1.54) is 20.2 Å². The van der Waals surface area contributed by atoms with E-state index in [2.05, 4.69) is 24.3 Å². The first kappa shape index (κ1) is 12.7. The van der Waals surface area contributed by atoms with Crippen molar-refractivity contribution in [3.63, 3.8) is 0 Å². The molecule has 5 heteroatoms. The van der Waals surface area contributed by atoms with Crippen LogP contribution in [-0.2, 0) is 0 Å². The molecule has 0 unspecified atom stereocenters. The van der Waals surface area contributed by atoms with Gasteiger partial charge in [-0.1, -0.05) is 36.4 Å². The van der Waals surface area contributed by atoms with Crippen molar-refractivity contribution >= 4 is 50.5 Å². The Morgan fingerprint density at radius 2 is 1.14 bits per heavy atom. The lowest BCUT2D eigenvalue weighted by Gasteiger charge is -2.01. The number of fused-ring (bicyclic) bond motifs is 2. The molecule has 0 radical (unpaired) electrons. The Labute approximate surface area is 130 Å². The van der Waals surface area contributed by atoms with Crippen molar-refractivity contribution in [3.05, 3.63) is 60.7 Å². The standard InChI is InChI=1S/C16H11BO2S2/c1-3-7-13-11(5-1)9-15(20-13)18-17-19-16-10-12-6-2-4-8-14(12)21-16/h1-10,17H. The van der Waals surface area contributed by atoms with Crippen LogP contribution in [-0.4, -0.2) is 7.69 Å². The van der Waals surface area contributed by atoms with E-state index >= 15 is 0 Å². The van der Waals surface area contributed by atoms with Crippen LogP contribution in [0, 0.1) is 0 Å². The Kier molecular flexibility index (Phi) is 3.29. The summed E-state index contributed by atoms with van der Waals surface area (Å²) in [6.07, 6.45) is 0. The van der Waals surface area contributed by atoms with E-state index in [0.717, 1.165) is 10.1 Å². The maximum atomic E-state index is 5.69. The molecule has 0 atom stereocenters. The van der Waals surface area contributed by atoms with Crippen LogP contribution in [0.25, 0.3) is 20.2 Å². The lowest BCUT2D eigenvalue weighted by atomic mass is 10.3. The molecule has 2 heterocycles. The van der Waals surface area contributed by atoms with Gasteiger partial charge >= 0.3 is 7.69 Å². The number of thiophene rings is 2. The molecule has 2 aromatic heterocycles. The molecular formula is C16H11BO2S2. The van der Waals surface area contributed by atoms with Gasteiger partial charge in [0.25, 0.3) is 0 Å². The molecule has 4 rings (SSSR count). The molecule has 0 amide bonds. The van der Waals surface area contributed by atoms with Crippen LogP contribution >= 0.6 is 22.7 Å². The van der Waals surface area contributed by atoms with E-state index in [9.17, 15) is 0 Å². The maximum absolute atomic E-state index is 5.69. The summed E-state index contributed by atoms with van der Waals surface area (Å²) in [7, 11) is 0.236. The molecule has 4 aromatic rings. The molecule has 102 valence electrons. The summed E-state index contributed by atoms with van der Waals surface area (Å²) < 4.78 is 13.8. The second-order valence-electron chi connectivity index (χ2n) is 4.61. The Bertz CT molecular complexity index is 757. The fourth-order valence-corrected chi connectivity index (χ4v) is 4.01. The smallest absolute Gasteiger partial charge is 0.521 e. The number of rotatable bonds is 4. The van der Waals surface area contributed by atoms with Gasteiger partial charge in [0.2, 0.25) is 0 Å². The average Bonchev–Trinajstić information content (AvgIpc) is 3.09. The first-order valence-corrected chi connectivity index (χ1v) is 8.24. The fraction of sp³-hybridized carbons (Fsp3) is 0. The monoisotopic (exact) mass is 310 g/mol. The highest BCUT2D eigenvalue weighted by atomic mass is 32.1. The van der Waals surface area contributed by atoms with Gasteiger partial charge < -0.3 is 9.31 Å². The normalized spacial score (nSPS) is 10.9. The van der Waals surface area contributed by atoms with Crippen molar-refractivity contribution in [2.45, 2.75) is 0 Å². The third-order valence-corrected chi connectivity index (χ3v) is 5.27. The molecule has 0 spiro atoms. The third kappa shape index (κ3) is 2.62. The largest absolute Gasteiger partial charge is 0.577 e. The number of hydrogen-bond donors (Lipinski definition) is 0. The zero-order chi connectivity index (χ0) is 14.1. The van der Waals surface area contributed by atoms with Crippen molar-refractivity contribution < 1.29 is 9.31 Å². The third-order valence-electron chi connectivity index (χ3n) is 3.21. The lowest BCUT2D eigenvalue weighted by Crippen LogP contribution is -2.08. The van der Waals surface area contributed by atoms with Crippen LogP contribution in [0.15, 0.2) is 60.7 Å². The first-order chi connectivity index (χ1) is 10.4. The van der Waals surface area contributed by atoms with Gasteiger partial charge in [-0.15, -0.1) is 22.7 Å². The van der Waals surface area contributed by atoms with Gasteiger partial charge in [0.05, 0.1) is 0 Å². The number of hydrogen-bond acceptors (Lipinski definition) is 4. The van der Waals surface area contributed by atoms with Crippen LogP contribution in [0.3, 0.4) is 0 Å². The van der Waals surface area contributed by atoms with Gasteiger partial charge in [0.1, 0.15) is 0 Å². The Morgan fingerprint density at radius 3 is 1.62 bits per heavy atom. The van der Waals surface area contributed by atoms with Crippen molar-refractivity contribution in [2.75, 3.05) is 0 Å². The molecule has 21 heavy (non-hydrogen) atoms. The fourth-order valence-electron chi connectivity index (χ4n) is 2.20. The Morgan fingerprint density at radius 1 is 0.667 bits per heavy atom. The summed E-state index contributed by atoms with van der Waals surface area (Å²) >= 11 is 3.28. The summed E-state index contributed by atoms with van der Waals surface area (Å²) in [5, 5.41) is 4.19. The molecule has 0 saturated heterocycles. The van der Waals surface area contributed by atoms with Crippen LogP contribution < -0.4 is 9.31 Å². The highest BCUT2D eigenvalue weighted by Crippen LogP contribution is 2.33. The van der Waals surface area contributed by atoms with Crippen molar-refractivity contribution in [2.24, 2.45) is 0 Å². The molecule has 0 aliphatic carbocycles. The lowest BCUT2D eigenvalue weighted by molar-refractivity contribution is 0.474. The quantitative estimate of drug-likeness (QED) is 0.502. The molecule has 2 nitrogen and oxygen atoms in total. The molecule has 0 fully saturated rings. The minimum atomic E-state index is 0.236. The molecule has 0 N–H and O–H groups in total. The van der Waals surface area contributed by atoms with E-state index < -0.39 is 0 Å². The molecular weight excluding hydrogens is 299 g/mol. The topological polar surface area (TPSA) is 18.5 Å². The predicted molar refractivity (Wildman–Crippen MR) is 92.1 cm³/mol. The van der Waals surface area contributed by atoms with Gasteiger partial charge in [0.15, 0.2) is 10.1 Å². The van der Waals surface area contributed by atoms with Crippen LogP contribution in [0.4, 0.5) is 0 Å². The first-order valence-electron chi connectivity index (χ1n) is 6.61. The minimum Gasteiger partial charge on any atom is -0.521 e. The average molecular weight is 310 g/mol. The summed E-state index contributed by atoms with van der Waals surface area (Å²) in [5.74, 6) is 0. The van der Waals surface area contributed by atoms with E-state index in [0.29, 0.717) is 0 Å². The Balaban J connectivity index is 1.44. The highest BCUT2D eigenvalue weighted by molar-refractivity contribution is 7.21. The summed E-state index contributed by atoms with van der Waals surface area (Å²) in [5.41, 5.74) is 0. The Hall–Kier alpha value is -1.98. The molecule has 2 aromatic carbocycles. The van der Waals surface area contributed by atoms with E-state index in [4.69, 9.17) is 9.31 Å². The summed E-state index contributed by atoms with van der Waals surface area (Å²) in [6, 6.07) is 20.6. The molecule has 0 saturated carbocycles. The van der Waals surface area contributed by atoms with Crippen molar-refractivity contribution in [1.82, 2.24) is 0 Å². The van der Waals surface area contributed by atoms with Crippen molar-refractivity contribution in [3.8, 4) is 10.1 Å². The second-order valence-corrected chi connectivity index (χ2v) is 6.71. The highest BCUT2D eigenvalue weighted by Gasteiger charge is 2.06. The van der Waals surface area contributed by atoms with Gasteiger partial charge in [-0.25, -0.2) is 0 Å². The van der Waals surface area contributed by atoms with Gasteiger partial charge in [-0.05, 0) is 35.0 Å². The SMILES string of the molecule is B(Oc1cc2ccccc2s1)Oc1cc2ccccc2s1. The number of benzene rings is 2. The van der Waals surface area contributed by atoms with Crippen LogP contribution in [0.1, 0.15) is 0 Å². The van der Waals surface area contributed by atoms with E-state index in [1.54, 1.807) is 22.7 Å². The zero-order valence-electron chi connectivity index (χ0n) is 11.1. The van der Waals surface area contributed by atoms with Crippen LogP contribution in [0.2, 0.25) is 0 Å². The van der Waals surface area contributed by atoms with Crippen molar-refractivity contribution in [1.29, 1.82) is 0 Å². The van der Waals surface area contributed by atoms with Gasteiger partial charge in [-0.3, -0.25) is 0 Å². The molecule has 0 bridgehead atoms. The molecule has 0 aliphatic rings. The van der Waals surface area contributed by atoms with Gasteiger partial charge in [0, 0.05) is 9.40 Å². The van der Waals surface area contributed by atoms with E-state index in [1.807, 2.05) is 36.4 Å². The van der Waals surface area contributed by atoms with E-state index in [-0.39, 0.29) is 7.69 Å². The maximum Gasteiger partial charge on any atom is 0.577 e. The minimum absolute atomic E-state index is 0.236. The summed E-state index contributed by atoms with van der Waals surface area (Å²) in [6.45, 7) is 0. The second kappa shape index (κ2) is 5.43. The van der Waals surface area contributed by atoms with Crippen LogP contribution in [0.5, 0.6) is 10.1 Å². The predicted octanol–water partition coefficient (Wildman–Crippen LogP) is 4.84. The zero-order valence-corrected chi connectivity index (χ0v) is 12.7. The molecule has 0 aliphatic heterocycles. The van der Waals surface area contributed by atoms with Gasteiger partial charge in [-0.2, -0.15) is 0 Å².